The summed E-state index contributed by atoms with van der Waals surface area (Å²) in [6.45, 7) is 13.5. The molecule has 0 bridgehead atoms. The molecule has 0 radical (unpaired) electrons. The zero-order valence-corrected chi connectivity index (χ0v) is 21.7. The minimum atomic E-state index is -0.242. The van der Waals surface area contributed by atoms with Gasteiger partial charge in [0, 0.05) is 67.9 Å². The maximum absolute atomic E-state index is 14.1. The van der Waals surface area contributed by atoms with Gasteiger partial charge in [-0.1, -0.05) is 29.7 Å². The minimum Gasteiger partial charge on any atom is -0.361 e. The normalized spacial score (nSPS) is 16.2. The molecular weight excluding hydrogens is 532 g/mol. The van der Waals surface area contributed by atoms with Gasteiger partial charge in [-0.15, -0.1) is 24.0 Å². The molecule has 3 rings (SSSR count). The van der Waals surface area contributed by atoms with E-state index < -0.39 is 0 Å². The van der Waals surface area contributed by atoms with Crippen molar-refractivity contribution in [1.82, 2.24) is 20.3 Å². The van der Waals surface area contributed by atoms with Gasteiger partial charge in [-0.05, 0) is 32.9 Å². The standard InChI is InChI=1S/C22H31ClFN5O.HI/c1-5-25-22(26-13-15(2)21-16(3)27-30-17(21)4)29-11-9-28(10-12-29)14-18-19(23)7-6-8-20(18)24;/h6-8,15H,5,9-14H2,1-4H3,(H,25,26);1H. The highest BCUT2D eigenvalue weighted by molar-refractivity contribution is 14.0. The van der Waals surface area contributed by atoms with Crippen LogP contribution >= 0.6 is 35.6 Å². The van der Waals surface area contributed by atoms with E-state index >= 15 is 0 Å². The third-order valence-corrected chi connectivity index (χ3v) is 5.90. The second kappa shape index (κ2) is 12.0. The van der Waals surface area contributed by atoms with Crippen molar-refractivity contribution in [3.63, 3.8) is 0 Å². The van der Waals surface area contributed by atoms with Crippen LogP contribution in [0.1, 0.15) is 42.3 Å². The van der Waals surface area contributed by atoms with E-state index in [1.54, 1.807) is 12.1 Å². The highest BCUT2D eigenvalue weighted by Gasteiger charge is 2.22. The molecule has 0 amide bonds. The fraction of sp³-hybridized carbons (Fsp3) is 0.545. The first-order chi connectivity index (χ1) is 14.4. The number of halogens is 3. The Morgan fingerprint density at radius 3 is 2.58 bits per heavy atom. The molecule has 1 fully saturated rings. The fourth-order valence-corrected chi connectivity index (χ4v) is 4.18. The third-order valence-electron chi connectivity index (χ3n) is 5.55. The van der Waals surface area contributed by atoms with Gasteiger partial charge >= 0.3 is 0 Å². The monoisotopic (exact) mass is 563 g/mol. The average molecular weight is 564 g/mol. The molecule has 2 heterocycles. The smallest absolute Gasteiger partial charge is 0.194 e. The Kier molecular flexibility index (Phi) is 10.0. The third kappa shape index (κ3) is 6.55. The lowest BCUT2D eigenvalue weighted by Crippen LogP contribution is -2.52. The van der Waals surface area contributed by atoms with Crippen LogP contribution in [0.5, 0.6) is 0 Å². The van der Waals surface area contributed by atoms with Crippen LogP contribution in [0.25, 0.3) is 0 Å². The molecule has 0 spiro atoms. The number of rotatable bonds is 6. The van der Waals surface area contributed by atoms with Crippen LogP contribution in [-0.2, 0) is 6.54 Å². The molecule has 0 aliphatic carbocycles. The summed E-state index contributed by atoms with van der Waals surface area (Å²) in [5.41, 5.74) is 2.64. The quantitative estimate of drug-likeness (QED) is 0.317. The van der Waals surface area contributed by atoms with Crippen molar-refractivity contribution in [2.24, 2.45) is 4.99 Å². The molecule has 2 aromatic rings. The molecule has 1 aromatic heterocycles. The number of nitrogens with zero attached hydrogens (tertiary/aromatic N) is 4. The van der Waals surface area contributed by atoms with E-state index in [4.69, 9.17) is 21.1 Å². The molecule has 1 N–H and O–H groups in total. The summed E-state index contributed by atoms with van der Waals surface area (Å²) in [7, 11) is 0. The van der Waals surface area contributed by atoms with Crippen LogP contribution in [-0.4, -0.2) is 60.2 Å². The highest BCUT2D eigenvalue weighted by atomic mass is 127. The zero-order valence-electron chi connectivity index (χ0n) is 18.6. The van der Waals surface area contributed by atoms with Gasteiger partial charge in [0.15, 0.2) is 5.96 Å². The molecule has 1 aliphatic rings. The van der Waals surface area contributed by atoms with Gasteiger partial charge in [-0.2, -0.15) is 0 Å². The van der Waals surface area contributed by atoms with Crippen molar-refractivity contribution in [2.75, 3.05) is 39.3 Å². The molecule has 1 aliphatic heterocycles. The summed E-state index contributed by atoms with van der Waals surface area (Å²) in [5.74, 6) is 1.77. The van der Waals surface area contributed by atoms with Gasteiger partial charge in [0.2, 0.25) is 0 Å². The van der Waals surface area contributed by atoms with Crippen molar-refractivity contribution in [3.8, 4) is 0 Å². The van der Waals surface area contributed by atoms with Crippen molar-refractivity contribution in [2.45, 2.75) is 40.2 Å². The van der Waals surface area contributed by atoms with Crippen molar-refractivity contribution >= 4 is 41.5 Å². The highest BCUT2D eigenvalue weighted by Crippen LogP contribution is 2.24. The second-order valence-corrected chi connectivity index (χ2v) is 8.20. The number of hydrogen-bond acceptors (Lipinski definition) is 4. The molecule has 31 heavy (non-hydrogen) atoms. The summed E-state index contributed by atoms with van der Waals surface area (Å²) < 4.78 is 19.4. The molecule has 6 nitrogen and oxygen atoms in total. The van der Waals surface area contributed by atoms with Crippen molar-refractivity contribution in [3.05, 3.63) is 51.6 Å². The van der Waals surface area contributed by atoms with E-state index in [2.05, 4.69) is 34.1 Å². The Balaban J connectivity index is 0.00000341. The lowest BCUT2D eigenvalue weighted by Gasteiger charge is -2.36. The van der Waals surface area contributed by atoms with Crippen LogP contribution < -0.4 is 5.32 Å². The van der Waals surface area contributed by atoms with E-state index in [0.717, 1.165) is 55.7 Å². The van der Waals surface area contributed by atoms with Crippen LogP contribution in [0.15, 0.2) is 27.7 Å². The fourth-order valence-electron chi connectivity index (χ4n) is 3.96. The van der Waals surface area contributed by atoms with E-state index in [-0.39, 0.29) is 35.7 Å². The number of hydrogen-bond donors (Lipinski definition) is 1. The zero-order chi connectivity index (χ0) is 21.7. The van der Waals surface area contributed by atoms with E-state index in [1.807, 2.05) is 13.8 Å². The first kappa shape index (κ1) is 25.9. The van der Waals surface area contributed by atoms with Crippen LogP contribution in [0.3, 0.4) is 0 Å². The number of benzene rings is 1. The molecule has 0 saturated carbocycles. The lowest BCUT2D eigenvalue weighted by molar-refractivity contribution is 0.171. The number of aliphatic imine (C=N–C) groups is 1. The molecule has 1 saturated heterocycles. The maximum Gasteiger partial charge on any atom is 0.194 e. The number of guanidine groups is 1. The van der Waals surface area contributed by atoms with E-state index in [1.165, 1.54) is 6.07 Å². The van der Waals surface area contributed by atoms with Crippen LogP contribution in [0.2, 0.25) is 5.02 Å². The molecule has 1 aromatic carbocycles. The Hall–Kier alpha value is -1.39. The molecule has 1 unspecified atom stereocenters. The van der Waals surface area contributed by atoms with Crippen molar-refractivity contribution in [1.29, 1.82) is 0 Å². The summed E-state index contributed by atoms with van der Waals surface area (Å²) in [5, 5.41) is 7.94. The second-order valence-electron chi connectivity index (χ2n) is 7.80. The number of nitrogens with one attached hydrogen (secondary N) is 1. The largest absolute Gasteiger partial charge is 0.361 e. The summed E-state index contributed by atoms with van der Waals surface area (Å²) >= 11 is 6.19. The van der Waals surface area contributed by atoms with Gasteiger partial charge in [-0.25, -0.2) is 4.39 Å². The number of aryl methyl sites for hydroxylation is 2. The predicted molar refractivity (Wildman–Crippen MR) is 134 cm³/mol. The molecule has 172 valence electrons. The Morgan fingerprint density at radius 1 is 1.29 bits per heavy atom. The van der Waals surface area contributed by atoms with Gasteiger partial charge in [0.1, 0.15) is 11.6 Å². The van der Waals surface area contributed by atoms with Gasteiger partial charge in [0.25, 0.3) is 0 Å². The Labute approximate surface area is 206 Å². The summed E-state index contributed by atoms with van der Waals surface area (Å²) in [6.07, 6.45) is 0. The predicted octanol–water partition coefficient (Wildman–Crippen LogP) is 4.59. The first-order valence-electron chi connectivity index (χ1n) is 10.5. The Bertz CT molecular complexity index is 843. The molecular formula is C22H32ClFIN5O. The molecule has 9 heteroatoms. The van der Waals surface area contributed by atoms with E-state index in [9.17, 15) is 4.39 Å². The summed E-state index contributed by atoms with van der Waals surface area (Å²) in [4.78, 5) is 9.37. The first-order valence-corrected chi connectivity index (χ1v) is 10.9. The number of aromatic nitrogens is 1. The average Bonchev–Trinajstić information content (AvgIpc) is 3.06. The number of piperazine rings is 1. The van der Waals surface area contributed by atoms with Crippen LogP contribution in [0, 0.1) is 19.7 Å². The Morgan fingerprint density at radius 2 is 2.00 bits per heavy atom. The van der Waals surface area contributed by atoms with Crippen LogP contribution in [0.4, 0.5) is 4.39 Å². The maximum atomic E-state index is 14.1. The van der Waals surface area contributed by atoms with E-state index in [0.29, 0.717) is 23.7 Å². The van der Waals surface area contributed by atoms with Gasteiger partial charge in [-0.3, -0.25) is 9.89 Å². The SMILES string of the molecule is CCNC(=NCC(C)c1c(C)noc1C)N1CCN(Cc2c(F)cccc2Cl)CC1.I. The van der Waals surface area contributed by atoms with Crippen molar-refractivity contribution < 1.29 is 8.91 Å². The van der Waals surface area contributed by atoms with Gasteiger partial charge < -0.3 is 14.7 Å². The lowest BCUT2D eigenvalue weighted by atomic mass is 10.00. The topological polar surface area (TPSA) is 56.9 Å². The summed E-state index contributed by atoms with van der Waals surface area (Å²) in [6, 6.07) is 4.85. The van der Waals surface area contributed by atoms with Gasteiger partial charge in [0.05, 0.1) is 5.69 Å². The minimum absolute atomic E-state index is 0. The molecule has 1 atom stereocenters.